The number of amides is 2. The lowest BCUT2D eigenvalue weighted by atomic mass is 10.1. The zero-order chi connectivity index (χ0) is 19.7. The zero-order valence-electron chi connectivity index (χ0n) is 16.1. The number of anilines is 1. The van der Waals surface area contributed by atoms with Crippen molar-refractivity contribution in [3.05, 3.63) is 64.7 Å². The van der Waals surface area contributed by atoms with E-state index in [1.54, 1.807) is 12.1 Å². The van der Waals surface area contributed by atoms with E-state index in [0.717, 1.165) is 38.3 Å². The van der Waals surface area contributed by atoms with Crippen LogP contribution in [0.2, 0.25) is 5.02 Å². The summed E-state index contributed by atoms with van der Waals surface area (Å²) in [6, 6.07) is 15.7. The SMILES string of the molecule is Cc1ccc(N2C(=O)C[C@@H]([NH+]3CC[NH+](Cc4ccccc4)CC3)C2=O)c(Cl)c1. The maximum atomic E-state index is 13.0. The molecule has 146 valence electrons. The topological polar surface area (TPSA) is 46.3 Å². The Kier molecular flexibility index (Phi) is 5.49. The highest BCUT2D eigenvalue weighted by Gasteiger charge is 2.47. The molecule has 0 saturated carbocycles. The molecular weight excluding hydrogens is 374 g/mol. The molecule has 5 nitrogen and oxygen atoms in total. The highest BCUT2D eigenvalue weighted by atomic mass is 35.5. The smallest absolute Gasteiger partial charge is 0.292 e. The van der Waals surface area contributed by atoms with Crippen LogP contribution in [0.5, 0.6) is 0 Å². The van der Waals surface area contributed by atoms with Crippen LogP contribution in [-0.2, 0) is 16.1 Å². The molecule has 28 heavy (non-hydrogen) atoms. The Hall–Kier alpha value is -2.21. The van der Waals surface area contributed by atoms with Crippen molar-refractivity contribution in [3.8, 4) is 0 Å². The van der Waals surface area contributed by atoms with E-state index >= 15 is 0 Å². The molecule has 1 atom stereocenters. The second kappa shape index (κ2) is 8.03. The van der Waals surface area contributed by atoms with E-state index in [9.17, 15) is 9.59 Å². The molecule has 0 radical (unpaired) electrons. The summed E-state index contributed by atoms with van der Waals surface area (Å²) in [5.41, 5.74) is 2.86. The third kappa shape index (κ3) is 3.83. The van der Waals surface area contributed by atoms with Gasteiger partial charge in [-0.1, -0.05) is 48.0 Å². The Labute approximate surface area is 170 Å². The lowest BCUT2D eigenvalue weighted by Crippen LogP contribution is -3.29. The maximum absolute atomic E-state index is 13.0. The fraction of sp³-hybridized carbons (Fsp3) is 0.364. The van der Waals surface area contributed by atoms with Crippen LogP contribution < -0.4 is 14.7 Å². The minimum atomic E-state index is -0.289. The lowest BCUT2D eigenvalue weighted by Gasteiger charge is -2.32. The van der Waals surface area contributed by atoms with Gasteiger partial charge >= 0.3 is 0 Å². The van der Waals surface area contributed by atoms with Gasteiger partial charge in [0.2, 0.25) is 5.91 Å². The first-order valence-electron chi connectivity index (χ1n) is 9.88. The molecule has 2 aliphatic heterocycles. The summed E-state index contributed by atoms with van der Waals surface area (Å²) in [7, 11) is 0. The summed E-state index contributed by atoms with van der Waals surface area (Å²) in [5, 5.41) is 0.453. The van der Waals surface area contributed by atoms with Gasteiger partial charge in [-0.15, -0.1) is 0 Å². The van der Waals surface area contributed by atoms with E-state index in [-0.39, 0.29) is 24.3 Å². The molecule has 2 N–H and O–H groups in total. The van der Waals surface area contributed by atoms with Gasteiger partial charge in [0.1, 0.15) is 32.7 Å². The third-order valence-corrected chi connectivity index (χ3v) is 6.18. The number of benzene rings is 2. The molecule has 0 unspecified atom stereocenters. The molecule has 2 amide bonds. The largest absolute Gasteiger partial charge is 0.322 e. The van der Waals surface area contributed by atoms with Gasteiger partial charge in [-0.25, -0.2) is 4.90 Å². The normalized spacial score (nSPS) is 25.4. The van der Waals surface area contributed by atoms with Gasteiger partial charge < -0.3 is 9.80 Å². The number of piperazine rings is 1. The number of carbonyl (C=O) groups excluding carboxylic acids is 2. The van der Waals surface area contributed by atoms with E-state index in [0.29, 0.717) is 10.7 Å². The van der Waals surface area contributed by atoms with Crippen molar-refractivity contribution in [2.24, 2.45) is 0 Å². The van der Waals surface area contributed by atoms with Crippen LogP contribution in [-0.4, -0.2) is 44.0 Å². The summed E-state index contributed by atoms with van der Waals surface area (Å²) < 4.78 is 0. The maximum Gasteiger partial charge on any atom is 0.292 e. The second-order valence-corrected chi connectivity index (χ2v) is 8.26. The fourth-order valence-corrected chi connectivity index (χ4v) is 4.65. The van der Waals surface area contributed by atoms with Crippen LogP contribution in [0.15, 0.2) is 48.5 Å². The highest BCUT2D eigenvalue weighted by Crippen LogP contribution is 2.30. The molecule has 0 bridgehead atoms. The molecule has 2 aromatic rings. The number of halogens is 1. The van der Waals surface area contributed by atoms with Crippen molar-refractivity contribution in [2.75, 3.05) is 31.1 Å². The minimum absolute atomic E-state index is 0.114. The van der Waals surface area contributed by atoms with Crippen molar-refractivity contribution >= 4 is 29.1 Å². The molecule has 0 spiro atoms. The van der Waals surface area contributed by atoms with E-state index < -0.39 is 0 Å². The van der Waals surface area contributed by atoms with Crippen LogP contribution in [0.4, 0.5) is 5.69 Å². The molecule has 4 rings (SSSR count). The Bertz CT molecular complexity index is 879. The van der Waals surface area contributed by atoms with Gasteiger partial charge in [-0.3, -0.25) is 9.59 Å². The minimum Gasteiger partial charge on any atom is -0.322 e. The standard InChI is InChI=1S/C22H24ClN3O2/c1-16-7-8-19(18(23)13-16)26-21(27)14-20(22(26)28)25-11-9-24(10-12-25)15-17-5-3-2-4-6-17/h2-8,13,20H,9-12,14-15H2,1H3/p+2/t20-/m1/s1. The van der Waals surface area contributed by atoms with Crippen molar-refractivity contribution in [2.45, 2.75) is 25.9 Å². The number of nitrogens with one attached hydrogen (secondary N) is 2. The Balaban J connectivity index is 1.41. The Morgan fingerprint density at radius 2 is 1.75 bits per heavy atom. The molecule has 0 aromatic heterocycles. The molecule has 6 heteroatoms. The number of nitrogens with zero attached hydrogens (tertiary/aromatic N) is 1. The first-order valence-corrected chi connectivity index (χ1v) is 10.3. The first-order chi connectivity index (χ1) is 13.5. The quantitative estimate of drug-likeness (QED) is 0.725. The van der Waals surface area contributed by atoms with E-state index in [1.165, 1.54) is 20.3 Å². The molecule has 2 saturated heterocycles. The molecular formula is C22H26ClN3O2+2. The lowest BCUT2D eigenvalue weighted by molar-refractivity contribution is -1.02. The van der Waals surface area contributed by atoms with Gasteiger partial charge in [-0.2, -0.15) is 0 Å². The van der Waals surface area contributed by atoms with Crippen molar-refractivity contribution in [1.82, 2.24) is 0 Å². The average molecular weight is 400 g/mol. The summed E-state index contributed by atoms with van der Waals surface area (Å²) >= 11 is 6.31. The monoisotopic (exact) mass is 399 g/mol. The fourth-order valence-electron chi connectivity index (χ4n) is 4.33. The van der Waals surface area contributed by atoms with Gasteiger partial charge in [0.05, 0.1) is 17.1 Å². The van der Waals surface area contributed by atoms with E-state index in [4.69, 9.17) is 11.6 Å². The molecule has 2 aromatic carbocycles. The van der Waals surface area contributed by atoms with E-state index in [2.05, 4.69) is 24.3 Å². The summed E-state index contributed by atoms with van der Waals surface area (Å²) in [6.45, 7) is 6.77. The molecule has 2 heterocycles. The summed E-state index contributed by atoms with van der Waals surface area (Å²) in [6.07, 6.45) is 0.270. The van der Waals surface area contributed by atoms with Crippen LogP contribution in [0.1, 0.15) is 17.5 Å². The van der Waals surface area contributed by atoms with Gasteiger partial charge in [0, 0.05) is 5.56 Å². The van der Waals surface area contributed by atoms with Crippen LogP contribution >= 0.6 is 11.6 Å². The summed E-state index contributed by atoms with van der Waals surface area (Å²) in [4.78, 5) is 29.7. The van der Waals surface area contributed by atoms with Crippen molar-refractivity contribution in [1.29, 1.82) is 0 Å². The average Bonchev–Trinajstić information content (AvgIpc) is 2.98. The van der Waals surface area contributed by atoms with Crippen LogP contribution in [0.3, 0.4) is 0 Å². The van der Waals surface area contributed by atoms with Gasteiger partial charge in [-0.05, 0) is 24.6 Å². The number of imide groups is 1. The number of quaternary nitrogens is 2. The van der Waals surface area contributed by atoms with Crippen molar-refractivity contribution in [3.63, 3.8) is 0 Å². The van der Waals surface area contributed by atoms with Crippen molar-refractivity contribution < 1.29 is 19.4 Å². The third-order valence-electron chi connectivity index (χ3n) is 5.88. The molecule has 0 aliphatic carbocycles. The Morgan fingerprint density at radius 1 is 1.04 bits per heavy atom. The predicted molar refractivity (Wildman–Crippen MR) is 109 cm³/mol. The number of aryl methyl sites for hydroxylation is 1. The molecule has 2 aliphatic rings. The summed E-state index contributed by atoms with van der Waals surface area (Å²) in [5.74, 6) is -0.260. The van der Waals surface area contributed by atoms with E-state index in [1.807, 2.05) is 19.1 Å². The zero-order valence-corrected chi connectivity index (χ0v) is 16.8. The number of hydrogen-bond acceptors (Lipinski definition) is 2. The second-order valence-electron chi connectivity index (χ2n) is 7.85. The number of carbonyl (C=O) groups is 2. The van der Waals surface area contributed by atoms with Crippen LogP contribution in [0.25, 0.3) is 0 Å². The predicted octanol–water partition coefficient (Wildman–Crippen LogP) is 0.264. The highest BCUT2D eigenvalue weighted by molar-refractivity contribution is 6.36. The number of hydrogen-bond donors (Lipinski definition) is 2. The van der Waals surface area contributed by atoms with Gasteiger partial charge in [0.15, 0.2) is 6.04 Å². The first kappa shape index (κ1) is 19.1. The number of rotatable bonds is 4. The molecule has 2 fully saturated rings. The Morgan fingerprint density at radius 3 is 2.43 bits per heavy atom. The van der Waals surface area contributed by atoms with Gasteiger partial charge in [0.25, 0.3) is 5.91 Å². The van der Waals surface area contributed by atoms with Crippen LogP contribution in [0, 0.1) is 6.92 Å².